The fraction of sp³-hybridized carbons (Fsp3) is 0.667. The number of ether oxygens (including phenoxy) is 1. The van der Waals surface area contributed by atoms with Crippen LogP contribution in [-0.4, -0.2) is 56.8 Å². The van der Waals surface area contributed by atoms with Gasteiger partial charge in [-0.15, -0.1) is 0 Å². The Bertz CT molecular complexity index is 791. The molecule has 0 aromatic heterocycles. The summed E-state index contributed by atoms with van der Waals surface area (Å²) in [7, 11) is -3.36. The topological polar surface area (TPSA) is 75.7 Å². The van der Waals surface area contributed by atoms with Crippen LogP contribution >= 0.6 is 0 Å². The van der Waals surface area contributed by atoms with Crippen LogP contribution in [0.4, 0.5) is 4.39 Å². The van der Waals surface area contributed by atoms with E-state index < -0.39 is 10.0 Å². The van der Waals surface area contributed by atoms with Crippen molar-refractivity contribution in [2.45, 2.75) is 69.6 Å². The van der Waals surface area contributed by atoms with Crippen LogP contribution in [-0.2, 0) is 19.6 Å². The van der Waals surface area contributed by atoms with Gasteiger partial charge in [-0.05, 0) is 62.1 Å². The molecule has 2 fully saturated rings. The second-order valence-electron chi connectivity index (χ2n) is 8.28. The van der Waals surface area contributed by atoms with Crippen LogP contribution in [0.1, 0.15) is 56.9 Å². The zero-order valence-corrected chi connectivity index (χ0v) is 18.0. The van der Waals surface area contributed by atoms with Crippen LogP contribution in [0.3, 0.4) is 0 Å². The van der Waals surface area contributed by atoms with Crippen molar-refractivity contribution in [2.24, 2.45) is 0 Å². The van der Waals surface area contributed by atoms with Gasteiger partial charge in [-0.2, -0.15) is 0 Å². The Morgan fingerprint density at radius 2 is 1.83 bits per heavy atom. The van der Waals surface area contributed by atoms with Gasteiger partial charge in [0.1, 0.15) is 5.82 Å². The van der Waals surface area contributed by atoms with Crippen LogP contribution in [0.5, 0.6) is 0 Å². The molecule has 1 N–H and O–H groups in total. The highest BCUT2D eigenvalue weighted by Gasteiger charge is 2.35. The molecule has 1 saturated heterocycles. The first-order valence-electron chi connectivity index (χ1n) is 10.3. The molecule has 2 aliphatic rings. The first-order valence-corrected chi connectivity index (χ1v) is 12.2. The maximum absolute atomic E-state index is 13.1. The molecule has 0 radical (unpaired) electrons. The second kappa shape index (κ2) is 9.53. The summed E-state index contributed by atoms with van der Waals surface area (Å²) in [6.07, 6.45) is 6.46. The Labute approximate surface area is 172 Å². The van der Waals surface area contributed by atoms with E-state index >= 15 is 0 Å². The summed E-state index contributed by atoms with van der Waals surface area (Å²) in [6, 6.07) is 6.12. The van der Waals surface area contributed by atoms with Crippen molar-refractivity contribution in [1.82, 2.24) is 9.62 Å². The minimum atomic E-state index is -3.36. The van der Waals surface area contributed by atoms with E-state index in [0.29, 0.717) is 25.5 Å². The van der Waals surface area contributed by atoms with Crippen molar-refractivity contribution in [3.63, 3.8) is 0 Å². The average molecular weight is 427 g/mol. The number of piperidine rings is 1. The Balaban J connectivity index is 1.56. The molecule has 0 spiro atoms. The number of nitrogens with one attached hydrogen (secondary N) is 1. The van der Waals surface area contributed by atoms with Crippen molar-refractivity contribution >= 4 is 15.9 Å². The van der Waals surface area contributed by atoms with E-state index in [9.17, 15) is 17.6 Å². The molecule has 1 amide bonds. The van der Waals surface area contributed by atoms with Gasteiger partial charge in [0, 0.05) is 19.5 Å². The van der Waals surface area contributed by atoms with Gasteiger partial charge in [0.05, 0.1) is 25.0 Å². The Morgan fingerprint density at radius 1 is 1.17 bits per heavy atom. The number of halogens is 1. The van der Waals surface area contributed by atoms with E-state index in [-0.39, 0.29) is 29.9 Å². The fourth-order valence-electron chi connectivity index (χ4n) is 4.60. The number of nitrogens with zero attached hydrogens (tertiary/aromatic N) is 1. The molecule has 162 valence electrons. The molecule has 0 bridgehead atoms. The highest BCUT2D eigenvalue weighted by Crippen LogP contribution is 2.34. The third kappa shape index (κ3) is 6.23. The zero-order valence-electron chi connectivity index (χ0n) is 17.1. The van der Waals surface area contributed by atoms with Crippen LogP contribution in [0.15, 0.2) is 24.3 Å². The molecule has 1 aromatic rings. The first kappa shape index (κ1) is 22.2. The molecule has 1 heterocycles. The molecule has 1 aromatic carbocycles. The molecule has 1 saturated carbocycles. The molecular formula is C21H31FN2O4S. The number of carbonyl (C=O) groups excluding carboxylic acids is 1. The predicted octanol–water partition coefficient (Wildman–Crippen LogP) is 2.80. The number of likely N-dealkylation sites (tertiary alicyclic amines) is 1. The Hall–Kier alpha value is -1.51. The summed E-state index contributed by atoms with van der Waals surface area (Å²) < 4.78 is 45.5. The molecule has 8 heteroatoms. The predicted molar refractivity (Wildman–Crippen MR) is 110 cm³/mol. The lowest BCUT2D eigenvalue weighted by atomic mass is 9.82. The number of benzene rings is 1. The number of sulfonamides is 1. The molecular weight excluding hydrogens is 395 g/mol. The Morgan fingerprint density at radius 3 is 2.41 bits per heavy atom. The molecule has 1 aliphatic heterocycles. The van der Waals surface area contributed by atoms with Crippen molar-refractivity contribution < 1.29 is 22.3 Å². The average Bonchev–Trinajstić information content (AvgIpc) is 2.66. The molecule has 3 rings (SSSR count). The molecule has 29 heavy (non-hydrogen) atoms. The van der Waals surface area contributed by atoms with E-state index in [0.717, 1.165) is 43.9 Å². The van der Waals surface area contributed by atoms with E-state index in [1.807, 2.05) is 12.1 Å². The molecule has 0 unspecified atom stereocenters. The monoisotopic (exact) mass is 426 g/mol. The molecule has 1 aliphatic carbocycles. The van der Waals surface area contributed by atoms with E-state index in [1.54, 1.807) is 4.90 Å². The van der Waals surface area contributed by atoms with Gasteiger partial charge in [-0.3, -0.25) is 4.79 Å². The third-order valence-corrected chi connectivity index (χ3v) is 6.80. The summed E-state index contributed by atoms with van der Waals surface area (Å²) in [6.45, 7) is 2.48. The van der Waals surface area contributed by atoms with Gasteiger partial charge < -0.3 is 9.64 Å². The van der Waals surface area contributed by atoms with Crippen LogP contribution in [0, 0.1) is 5.82 Å². The zero-order chi connectivity index (χ0) is 21.0. The standard InChI is InChI=1S/C21H31FN2O4S/c1-15(25)24-13-3-4-20(23-29(2,26)27)21(24)14-28-19-11-7-17(8-12-19)16-5-9-18(22)10-6-16/h5-6,9-10,17,19-21,23H,3-4,7-8,11-14H2,1-2H3/t17-,19+,20-,21-/m0/s1. The summed E-state index contributed by atoms with van der Waals surface area (Å²) in [5.74, 6) is 0.141. The lowest BCUT2D eigenvalue weighted by Gasteiger charge is -2.41. The number of rotatable bonds is 6. The maximum Gasteiger partial charge on any atom is 0.219 e. The SMILES string of the molecule is CC(=O)N1CCC[C@H](NS(C)(=O)=O)[C@@H]1CO[C@H]1CC[C@@H](c2ccc(F)cc2)CC1. The highest BCUT2D eigenvalue weighted by molar-refractivity contribution is 7.88. The van der Waals surface area contributed by atoms with E-state index in [4.69, 9.17) is 4.74 Å². The summed E-state index contributed by atoms with van der Waals surface area (Å²) >= 11 is 0. The number of amides is 1. The quantitative estimate of drug-likeness (QED) is 0.759. The van der Waals surface area contributed by atoms with Crippen LogP contribution < -0.4 is 4.72 Å². The van der Waals surface area contributed by atoms with Crippen molar-refractivity contribution in [3.05, 3.63) is 35.6 Å². The normalized spacial score (nSPS) is 28.3. The largest absolute Gasteiger partial charge is 0.376 e. The van der Waals surface area contributed by atoms with Gasteiger partial charge in [-0.25, -0.2) is 17.5 Å². The van der Waals surface area contributed by atoms with Crippen LogP contribution in [0.25, 0.3) is 0 Å². The van der Waals surface area contributed by atoms with Crippen molar-refractivity contribution in [2.75, 3.05) is 19.4 Å². The van der Waals surface area contributed by atoms with Gasteiger partial charge in [0.25, 0.3) is 0 Å². The van der Waals surface area contributed by atoms with E-state index in [2.05, 4.69) is 4.72 Å². The Kier molecular flexibility index (Phi) is 7.29. The highest BCUT2D eigenvalue weighted by atomic mass is 32.2. The second-order valence-corrected chi connectivity index (χ2v) is 10.1. The maximum atomic E-state index is 13.1. The van der Waals surface area contributed by atoms with Crippen LogP contribution in [0.2, 0.25) is 0 Å². The minimum Gasteiger partial charge on any atom is -0.376 e. The fourth-order valence-corrected chi connectivity index (χ4v) is 5.42. The van der Waals surface area contributed by atoms with Gasteiger partial charge in [-0.1, -0.05) is 12.1 Å². The summed E-state index contributed by atoms with van der Waals surface area (Å²) in [4.78, 5) is 13.8. The molecule has 6 nitrogen and oxygen atoms in total. The van der Waals surface area contributed by atoms with Gasteiger partial charge in [0.15, 0.2) is 0 Å². The number of hydrogen-bond acceptors (Lipinski definition) is 4. The van der Waals surface area contributed by atoms with Gasteiger partial charge in [0.2, 0.25) is 15.9 Å². The van der Waals surface area contributed by atoms with Crippen molar-refractivity contribution in [1.29, 1.82) is 0 Å². The van der Waals surface area contributed by atoms with E-state index in [1.165, 1.54) is 19.1 Å². The third-order valence-electron chi connectivity index (χ3n) is 6.07. The number of carbonyl (C=O) groups is 1. The summed E-state index contributed by atoms with van der Waals surface area (Å²) in [5.41, 5.74) is 1.16. The lowest BCUT2D eigenvalue weighted by Crippen LogP contribution is -2.58. The summed E-state index contributed by atoms with van der Waals surface area (Å²) in [5, 5.41) is 0. The van der Waals surface area contributed by atoms with Gasteiger partial charge >= 0.3 is 0 Å². The number of hydrogen-bond donors (Lipinski definition) is 1. The minimum absolute atomic E-state index is 0.0568. The smallest absolute Gasteiger partial charge is 0.219 e. The first-order chi connectivity index (χ1) is 13.7. The molecule has 2 atom stereocenters. The lowest BCUT2D eigenvalue weighted by molar-refractivity contribution is -0.136. The van der Waals surface area contributed by atoms with Crippen molar-refractivity contribution in [3.8, 4) is 0 Å².